The van der Waals surface area contributed by atoms with Crippen LogP contribution in [0.5, 0.6) is 0 Å². The zero-order valence-corrected chi connectivity index (χ0v) is 21.1. The molecule has 1 N–H and O–H groups in total. The van der Waals surface area contributed by atoms with Crippen LogP contribution in [0, 0.1) is 6.92 Å². The van der Waals surface area contributed by atoms with Crippen LogP contribution in [-0.4, -0.2) is 67.5 Å². The average Bonchev–Trinajstić information content (AvgIpc) is 3.19. The number of piperazine rings is 1. The van der Waals surface area contributed by atoms with Crippen molar-refractivity contribution in [2.24, 2.45) is 4.99 Å². The fourth-order valence-corrected chi connectivity index (χ4v) is 4.17. The van der Waals surface area contributed by atoms with E-state index in [1.165, 1.54) is 28.3 Å². The van der Waals surface area contributed by atoms with Crippen LogP contribution >= 0.6 is 35.5 Å². The molecule has 0 unspecified atom stereocenters. The number of halogens is 1. The van der Waals surface area contributed by atoms with Gasteiger partial charge in [0.2, 0.25) is 5.13 Å². The van der Waals surface area contributed by atoms with E-state index in [1.807, 2.05) is 7.05 Å². The van der Waals surface area contributed by atoms with Gasteiger partial charge in [-0.25, -0.2) is 4.98 Å². The predicted molar refractivity (Wildman–Crippen MR) is 134 cm³/mol. The molecule has 1 aliphatic heterocycles. The van der Waals surface area contributed by atoms with Crippen LogP contribution < -0.4 is 15.1 Å². The summed E-state index contributed by atoms with van der Waals surface area (Å²) in [4.78, 5) is 15.9. The predicted octanol–water partition coefficient (Wildman–Crippen LogP) is 2.99. The third-order valence-corrected chi connectivity index (χ3v) is 5.81. The quantitative estimate of drug-likeness (QED) is 0.365. The molecule has 9 heteroatoms. The van der Waals surface area contributed by atoms with Crippen molar-refractivity contribution in [2.45, 2.75) is 26.8 Å². The second-order valence-electron chi connectivity index (χ2n) is 7.25. The summed E-state index contributed by atoms with van der Waals surface area (Å²) in [5, 5.41) is 4.58. The summed E-state index contributed by atoms with van der Waals surface area (Å²) in [5.74, 6) is 1.89. The van der Waals surface area contributed by atoms with Gasteiger partial charge in [0.15, 0.2) is 5.96 Å². The Kier molecular flexibility index (Phi) is 8.94. The highest BCUT2D eigenvalue weighted by Crippen LogP contribution is 2.21. The lowest BCUT2D eigenvalue weighted by Gasteiger charge is -2.36. The van der Waals surface area contributed by atoms with Crippen molar-refractivity contribution in [1.82, 2.24) is 19.6 Å². The van der Waals surface area contributed by atoms with Crippen molar-refractivity contribution in [2.75, 3.05) is 57.1 Å². The Labute approximate surface area is 195 Å². The molecule has 0 radical (unpaired) electrons. The molecule has 0 spiro atoms. The van der Waals surface area contributed by atoms with E-state index in [9.17, 15) is 0 Å². The summed E-state index contributed by atoms with van der Waals surface area (Å²) in [6.07, 6.45) is 0.890. The van der Waals surface area contributed by atoms with E-state index < -0.39 is 0 Å². The third-order valence-electron chi connectivity index (χ3n) is 4.99. The highest BCUT2D eigenvalue weighted by atomic mass is 127. The molecular weight excluding hydrogens is 497 g/mol. The summed E-state index contributed by atoms with van der Waals surface area (Å²) in [6, 6.07) is 6.59. The number of benzene rings is 1. The van der Waals surface area contributed by atoms with Crippen molar-refractivity contribution in [3.8, 4) is 0 Å². The number of anilines is 2. The van der Waals surface area contributed by atoms with Crippen molar-refractivity contribution < 1.29 is 0 Å². The first kappa shape index (κ1) is 23.7. The fourth-order valence-electron chi connectivity index (χ4n) is 3.37. The molecule has 1 aromatic heterocycles. The number of hydrogen-bond donors (Lipinski definition) is 1. The van der Waals surface area contributed by atoms with Gasteiger partial charge in [-0.2, -0.15) is 4.37 Å². The molecule has 160 valence electrons. The number of hydrogen-bond acceptors (Lipinski definition) is 6. The average molecular weight is 529 g/mol. The first-order valence-electron chi connectivity index (χ1n) is 9.81. The van der Waals surface area contributed by atoms with Gasteiger partial charge in [-0.05, 0) is 24.1 Å². The van der Waals surface area contributed by atoms with Crippen LogP contribution in [0.15, 0.2) is 23.2 Å². The van der Waals surface area contributed by atoms with E-state index in [0.29, 0.717) is 0 Å². The molecule has 0 saturated carbocycles. The molecule has 1 aliphatic rings. The molecular formula is C20H32IN7S. The fraction of sp³-hybridized carbons (Fsp3) is 0.550. The Morgan fingerprint density at radius 2 is 1.97 bits per heavy atom. The van der Waals surface area contributed by atoms with Gasteiger partial charge >= 0.3 is 0 Å². The molecule has 2 heterocycles. The van der Waals surface area contributed by atoms with Gasteiger partial charge < -0.3 is 20.0 Å². The number of nitrogens with one attached hydrogen (secondary N) is 1. The highest BCUT2D eigenvalue weighted by molar-refractivity contribution is 14.0. The molecule has 0 atom stereocenters. The van der Waals surface area contributed by atoms with Gasteiger partial charge in [-0.3, -0.25) is 4.99 Å². The number of nitrogens with zero attached hydrogens (tertiary/aromatic N) is 6. The van der Waals surface area contributed by atoms with Gasteiger partial charge in [0, 0.05) is 77.5 Å². The second kappa shape index (κ2) is 11.0. The van der Waals surface area contributed by atoms with Crippen molar-refractivity contribution in [3.63, 3.8) is 0 Å². The molecule has 0 aliphatic carbocycles. The smallest absolute Gasteiger partial charge is 0.205 e. The number of rotatable bonds is 5. The molecule has 29 heavy (non-hydrogen) atoms. The van der Waals surface area contributed by atoms with Crippen LogP contribution in [0.25, 0.3) is 0 Å². The van der Waals surface area contributed by atoms with E-state index in [1.54, 1.807) is 0 Å². The number of aromatic nitrogens is 2. The van der Waals surface area contributed by atoms with Crippen molar-refractivity contribution in [3.05, 3.63) is 35.2 Å². The van der Waals surface area contributed by atoms with Gasteiger partial charge in [-0.1, -0.05) is 19.1 Å². The minimum absolute atomic E-state index is 0. The minimum atomic E-state index is 0. The van der Waals surface area contributed by atoms with E-state index >= 15 is 0 Å². The zero-order valence-electron chi connectivity index (χ0n) is 18.0. The first-order valence-corrected chi connectivity index (χ1v) is 10.6. The lowest BCUT2D eigenvalue weighted by atomic mass is 10.1. The summed E-state index contributed by atoms with van der Waals surface area (Å²) in [5.41, 5.74) is 3.79. The van der Waals surface area contributed by atoms with E-state index in [4.69, 9.17) is 0 Å². The van der Waals surface area contributed by atoms with Crippen molar-refractivity contribution >= 4 is 52.3 Å². The second-order valence-corrected chi connectivity index (χ2v) is 7.98. The molecule has 2 aromatic rings. The highest BCUT2D eigenvalue weighted by Gasteiger charge is 2.22. The Balaban J connectivity index is 0.00000300. The zero-order chi connectivity index (χ0) is 20.1. The van der Waals surface area contributed by atoms with Crippen molar-refractivity contribution in [1.29, 1.82) is 0 Å². The van der Waals surface area contributed by atoms with Crippen LogP contribution in [-0.2, 0) is 13.0 Å². The Morgan fingerprint density at radius 3 is 2.55 bits per heavy atom. The van der Waals surface area contributed by atoms with Gasteiger partial charge in [0.25, 0.3) is 0 Å². The molecule has 1 fully saturated rings. The van der Waals surface area contributed by atoms with Crippen LogP contribution in [0.2, 0.25) is 0 Å². The van der Waals surface area contributed by atoms with Crippen LogP contribution in [0.3, 0.4) is 0 Å². The lowest BCUT2D eigenvalue weighted by Crippen LogP contribution is -2.52. The Bertz CT molecular complexity index is 813. The standard InChI is InChI=1S/C20H31N7S.HI/c1-6-18-23-20(28-24-18)27-11-9-26(10-12-27)19(21-3)22-14-16-8-7-15(2)13-17(16)25(4)5;/h7-8,13H,6,9-12,14H2,1-5H3,(H,21,22);1H. The van der Waals surface area contributed by atoms with Crippen LogP contribution in [0.4, 0.5) is 10.8 Å². The maximum absolute atomic E-state index is 4.62. The maximum atomic E-state index is 4.62. The Morgan fingerprint density at radius 1 is 1.24 bits per heavy atom. The minimum Gasteiger partial charge on any atom is -0.377 e. The molecule has 1 aromatic carbocycles. The number of aliphatic imine (C=N–C) groups is 1. The topological polar surface area (TPSA) is 59.9 Å². The van der Waals surface area contributed by atoms with E-state index in [0.717, 1.165) is 56.1 Å². The maximum Gasteiger partial charge on any atom is 0.205 e. The summed E-state index contributed by atoms with van der Waals surface area (Å²) in [6.45, 7) is 8.71. The monoisotopic (exact) mass is 529 g/mol. The van der Waals surface area contributed by atoms with Crippen LogP contribution in [0.1, 0.15) is 23.9 Å². The molecule has 0 amide bonds. The summed E-state index contributed by atoms with van der Waals surface area (Å²) < 4.78 is 4.41. The third kappa shape index (κ3) is 5.94. The number of guanidine groups is 1. The molecule has 3 rings (SSSR count). The van der Waals surface area contributed by atoms with Gasteiger partial charge in [-0.15, -0.1) is 24.0 Å². The Hall–Kier alpha value is -1.62. The SMILES string of the molecule is CCc1nsc(N2CCN(C(=NC)NCc3ccc(C)cc3N(C)C)CC2)n1.I. The van der Waals surface area contributed by atoms with E-state index in [-0.39, 0.29) is 24.0 Å². The summed E-state index contributed by atoms with van der Waals surface area (Å²) >= 11 is 1.50. The normalized spacial score (nSPS) is 14.6. The largest absolute Gasteiger partial charge is 0.377 e. The van der Waals surface area contributed by atoms with E-state index in [2.05, 4.69) is 80.5 Å². The van der Waals surface area contributed by atoms with Gasteiger partial charge in [0.05, 0.1) is 0 Å². The first-order chi connectivity index (χ1) is 13.5. The molecule has 1 saturated heterocycles. The lowest BCUT2D eigenvalue weighted by molar-refractivity contribution is 0.372. The molecule has 0 bridgehead atoms. The summed E-state index contributed by atoms with van der Waals surface area (Å²) in [7, 11) is 6.03. The van der Waals surface area contributed by atoms with Gasteiger partial charge in [0.1, 0.15) is 5.82 Å². The number of aryl methyl sites for hydroxylation is 2. The molecule has 7 nitrogen and oxygen atoms in total.